The quantitative estimate of drug-likeness (QED) is 0.385. The molecular formula is C17H31IN4S. The molecule has 1 heterocycles. The van der Waals surface area contributed by atoms with Crippen molar-refractivity contribution in [3.05, 3.63) is 16.1 Å². The second-order valence-corrected chi connectivity index (χ2v) is 7.11. The zero-order valence-corrected chi connectivity index (χ0v) is 17.7. The van der Waals surface area contributed by atoms with Gasteiger partial charge in [0.25, 0.3) is 0 Å². The zero-order valence-electron chi connectivity index (χ0n) is 14.6. The third kappa shape index (κ3) is 6.95. The lowest BCUT2D eigenvalue weighted by molar-refractivity contribution is 0.295. The Morgan fingerprint density at radius 1 is 1.30 bits per heavy atom. The molecule has 0 aromatic carbocycles. The van der Waals surface area contributed by atoms with E-state index in [4.69, 9.17) is 0 Å². The fourth-order valence-electron chi connectivity index (χ4n) is 3.16. The van der Waals surface area contributed by atoms with Gasteiger partial charge in [-0.25, -0.2) is 4.98 Å². The summed E-state index contributed by atoms with van der Waals surface area (Å²) in [5.41, 5.74) is 1.11. The summed E-state index contributed by atoms with van der Waals surface area (Å²) in [6, 6.07) is 0.570. The highest BCUT2D eigenvalue weighted by molar-refractivity contribution is 14.0. The van der Waals surface area contributed by atoms with Crippen molar-refractivity contribution in [2.45, 2.75) is 71.4 Å². The van der Waals surface area contributed by atoms with Crippen molar-refractivity contribution in [3.8, 4) is 0 Å². The fourth-order valence-corrected chi connectivity index (χ4v) is 3.90. The summed E-state index contributed by atoms with van der Waals surface area (Å²) in [6.45, 7) is 5.19. The highest BCUT2D eigenvalue weighted by Crippen LogP contribution is 2.27. The predicted molar refractivity (Wildman–Crippen MR) is 111 cm³/mol. The first kappa shape index (κ1) is 20.7. The number of aromatic nitrogens is 1. The summed E-state index contributed by atoms with van der Waals surface area (Å²) in [6.07, 6.45) is 8.97. The molecule has 0 amide bonds. The maximum Gasteiger partial charge on any atom is 0.191 e. The Labute approximate surface area is 162 Å². The number of guanidine groups is 1. The molecule has 132 valence electrons. The third-order valence-electron chi connectivity index (χ3n) is 4.45. The van der Waals surface area contributed by atoms with Crippen LogP contribution in [0.25, 0.3) is 0 Å². The van der Waals surface area contributed by atoms with Crippen molar-refractivity contribution in [2.24, 2.45) is 10.9 Å². The lowest BCUT2D eigenvalue weighted by atomic mass is 9.83. The van der Waals surface area contributed by atoms with Crippen LogP contribution in [0.5, 0.6) is 0 Å². The largest absolute Gasteiger partial charge is 0.354 e. The first-order valence-electron chi connectivity index (χ1n) is 8.65. The summed E-state index contributed by atoms with van der Waals surface area (Å²) in [5, 5.41) is 10.3. The Bertz CT molecular complexity index is 467. The molecule has 0 radical (unpaired) electrons. The molecule has 2 N–H and O–H groups in total. The smallest absolute Gasteiger partial charge is 0.191 e. The van der Waals surface area contributed by atoms with E-state index < -0.39 is 0 Å². The molecule has 1 aliphatic carbocycles. The Morgan fingerprint density at radius 2 is 2.04 bits per heavy atom. The van der Waals surface area contributed by atoms with E-state index in [0.717, 1.165) is 30.5 Å². The molecule has 1 saturated carbocycles. The van der Waals surface area contributed by atoms with E-state index in [-0.39, 0.29) is 24.0 Å². The molecule has 1 aliphatic rings. The number of hydrogen-bond acceptors (Lipinski definition) is 3. The van der Waals surface area contributed by atoms with Crippen molar-refractivity contribution in [1.29, 1.82) is 0 Å². The Balaban J connectivity index is 0.00000264. The fraction of sp³-hybridized carbons (Fsp3) is 0.765. The van der Waals surface area contributed by atoms with Gasteiger partial charge in [-0.2, -0.15) is 0 Å². The Kier molecular flexibility index (Phi) is 10.1. The molecule has 23 heavy (non-hydrogen) atoms. The normalized spacial score (nSPS) is 21.6. The number of halogens is 1. The average molecular weight is 450 g/mol. The van der Waals surface area contributed by atoms with E-state index in [1.165, 1.54) is 43.5 Å². The van der Waals surface area contributed by atoms with Crippen LogP contribution in [-0.2, 0) is 13.0 Å². The zero-order chi connectivity index (χ0) is 15.8. The number of aliphatic imine (C=N–C) groups is 1. The maximum absolute atomic E-state index is 4.59. The highest BCUT2D eigenvalue weighted by atomic mass is 127. The van der Waals surface area contributed by atoms with Gasteiger partial charge in [-0.15, -0.1) is 35.3 Å². The second-order valence-electron chi connectivity index (χ2n) is 6.16. The van der Waals surface area contributed by atoms with Crippen LogP contribution < -0.4 is 10.6 Å². The number of hydrogen-bond donors (Lipinski definition) is 2. The maximum atomic E-state index is 4.59. The van der Waals surface area contributed by atoms with Crippen LogP contribution >= 0.6 is 35.3 Å². The molecule has 0 bridgehead atoms. The number of nitrogens with zero attached hydrogens (tertiary/aromatic N) is 2. The summed E-state index contributed by atoms with van der Waals surface area (Å²) < 4.78 is 0. The molecule has 2 rings (SSSR count). The predicted octanol–water partition coefficient (Wildman–Crippen LogP) is 4.35. The van der Waals surface area contributed by atoms with Gasteiger partial charge in [-0.05, 0) is 38.0 Å². The summed E-state index contributed by atoms with van der Waals surface area (Å²) in [5.74, 6) is 1.85. The minimum absolute atomic E-state index is 0. The number of nitrogens with one attached hydrogen (secondary N) is 2. The summed E-state index contributed by atoms with van der Waals surface area (Å²) in [4.78, 5) is 8.94. The molecular weight excluding hydrogens is 419 g/mol. The molecule has 0 spiro atoms. The van der Waals surface area contributed by atoms with Gasteiger partial charge in [-0.3, -0.25) is 4.99 Å². The van der Waals surface area contributed by atoms with Crippen LogP contribution in [0.3, 0.4) is 0 Å². The molecule has 0 aliphatic heterocycles. The lowest BCUT2D eigenvalue weighted by Crippen LogP contribution is -2.44. The van der Waals surface area contributed by atoms with Crippen molar-refractivity contribution in [1.82, 2.24) is 15.6 Å². The van der Waals surface area contributed by atoms with Gasteiger partial charge in [0.1, 0.15) is 0 Å². The highest BCUT2D eigenvalue weighted by Gasteiger charge is 2.21. The molecule has 0 saturated heterocycles. The molecule has 0 atom stereocenters. The van der Waals surface area contributed by atoms with Gasteiger partial charge < -0.3 is 10.6 Å². The SMILES string of the molecule is CCCC1CCC(NC(=NC)NCc2csc(CC)n2)CC1.I. The summed E-state index contributed by atoms with van der Waals surface area (Å²) in [7, 11) is 1.84. The standard InChI is InChI=1S/C17H30N4S.HI/c1-4-6-13-7-9-14(10-8-13)21-17(18-3)19-11-15-12-22-16(5-2)20-15;/h12-14H,4-11H2,1-3H3,(H2,18,19,21);1H. The molecule has 1 fully saturated rings. The van der Waals surface area contributed by atoms with Crippen molar-refractivity contribution in [3.63, 3.8) is 0 Å². The first-order chi connectivity index (χ1) is 10.7. The average Bonchev–Trinajstić information content (AvgIpc) is 3.01. The van der Waals surface area contributed by atoms with Gasteiger partial charge in [0, 0.05) is 18.5 Å². The van der Waals surface area contributed by atoms with Crippen LogP contribution in [0.2, 0.25) is 0 Å². The van der Waals surface area contributed by atoms with E-state index in [1.54, 1.807) is 11.3 Å². The van der Waals surface area contributed by atoms with Crippen LogP contribution in [-0.4, -0.2) is 24.0 Å². The molecule has 1 aromatic heterocycles. The Morgan fingerprint density at radius 3 is 2.61 bits per heavy atom. The van der Waals surface area contributed by atoms with E-state index in [2.05, 4.69) is 39.8 Å². The molecule has 4 nitrogen and oxygen atoms in total. The number of thiazole rings is 1. The summed E-state index contributed by atoms with van der Waals surface area (Å²) >= 11 is 1.74. The molecule has 1 aromatic rings. The first-order valence-corrected chi connectivity index (χ1v) is 9.53. The van der Waals surface area contributed by atoms with E-state index in [0.29, 0.717) is 6.04 Å². The monoisotopic (exact) mass is 450 g/mol. The van der Waals surface area contributed by atoms with Crippen LogP contribution in [0, 0.1) is 5.92 Å². The second kappa shape index (κ2) is 11.2. The molecule has 6 heteroatoms. The van der Waals surface area contributed by atoms with Gasteiger partial charge >= 0.3 is 0 Å². The third-order valence-corrected chi connectivity index (χ3v) is 5.49. The minimum Gasteiger partial charge on any atom is -0.354 e. The lowest BCUT2D eigenvalue weighted by Gasteiger charge is -2.30. The minimum atomic E-state index is 0. The van der Waals surface area contributed by atoms with Crippen LogP contribution in [0.1, 0.15) is 63.1 Å². The van der Waals surface area contributed by atoms with Gasteiger partial charge in [-0.1, -0.05) is 26.7 Å². The molecule has 0 unspecified atom stereocenters. The van der Waals surface area contributed by atoms with Crippen LogP contribution in [0.4, 0.5) is 0 Å². The topological polar surface area (TPSA) is 49.3 Å². The van der Waals surface area contributed by atoms with E-state index in [9.17, 15) is 0 Å². The van der Waals surface area contributed by atoms with Crippen molar-refractivity contribution >= 4 is 41.3 Å². The van der Waals surface area contributed by atoms with Crippen molar-refractivity contribution < 1.29 is 0 Å². The van der Waals surface area contributed by atoms with Gasteiger partial charge in [0.2, 0.25) is 0 Å². The van der Waals surface area contributed by atoms with E-state index in [1.807, 2.05) is 7.05 Å². The van der Waals surface area contributed by atoms with Crippen molar-refractivity contribution in [2.75, 3.05) is 7.05 Å². The Hall–Kier alpha value is -0.370. The number of rotatable bonds is 6. The van der Waals surface area contributed by atoms with Crippen LogP contribution in [0.15, 0.2) is 10.4 Å². The van der Waals surface area contributed by atoms with Gasteiger partial charge in [0.05, 0.1) is 17.2 Å². The number of aryl methyl sites for hydroxylation is 1. The van der Waals surface area contributed by atoms with Gasteiger partial charge in [0.15, 0.2) is 5.96 Å². The van der Waals surface area contributed by atoms with E-state index >= 15 is 0 Å².